The molecule has 172 valence electrons. The zero-order chi connectivity index (χ0) is 22.0. The molecule has 2 saturated heterocycles. The highest BCUT2D eigenvalue weighted by molar-refractivity contribution is 7.89. The second-order valence-corrected chi connectivity index (χ2v) is 10.2. The molecule has 2 bridgehead atoms. The van der Waals surface area contributed by atoms with Crippen LogP contribution in [0.4, 0.5) is 0 Å². The number of carbonyl (C=O) groups is 2. The molecule has 0 unspecified atom stereocenters. The third-order valence-corrected chi connectivity index (χ3v) is 7.34. The quantitative estimate of drug-likeness (QED) is 0.263. The number of nitrogens with one attached hydrogen (secondary N) is 2. The fraction of sp³-hybridized carbons (Fsp3) is 0.810. The first-order chi connectivity index (χ1) is 14.3. The third kappa shape index (κ3) is 8.35. The molecule has 1 amide bonds. The lowest BCUT2D eigenvalue weighted by Gasteiger charge is -2.27. The molecule has 0 aliphatic carbocycles. The lowest BCUT2D eigenvalue weighted by molar-refractivity contribution is -0.137. The summed E-state index contributed by atoms with van der Waals surface area (Å²) in [6, 6.07) is 0. The van der Waals surface area contributed by atoms with Gasteiger partial charge >= 0.3 is 5.97 Å². The van der Waals surface area contributed by atoms with Crippen LogP contribution in [0.3, 0.4) is 0 Å². The average Bonchev–Trinajstić information content (AvgIpc) is 3.29. The number of carboxylic acid groups (broad SMARTS) is 1. The number of carbonyl (C=O) groups excluding carboxylic acids is 1. The summed E-state index contributed by atoms with van der Waals surface area (Å²) >= 11 is 0. The summed E-state index contributed by atoms with van der Waals surface area (Å²) < 4.78 is 32.2. The zero-order valence-corrected chi connectivity index (χ0v) is 18.7. The molecule has 8 nitrogen and oxygen atoms in total. The zero-order valence-electron chi connectivity index (χ0n) is 17.8. The molecule has 9 heteroatoms. The summed E-state index contributed by atoms with van der Waals surface area (Å²) in [7, 11) is -3.41. The van der Waals surface area contributed by atoms with Gasteiger partial charge in [-0.1, -0.05) is 31.9 Å². The molecule has 2 aliphatic heterocycles. The third-order valence-electron chi connectivity index (χ3n) is 5.93. The van der Waals surface area contributed by atoms with Gasteiger partial charge in [0.2, 0.25) is 15.9 Å². The van der Waals surface area contributed by atoms with Crippen molar-refractivity contribution in [3.63, 3.8) is 0 Å². The van der Waals surface area contributed by atoms with Gasteiger partial charge in [-0.05, 0) is 44.4 Å². The number of rotatable bonds is 15. The molecule has 0 aromatic heterocycles. The first-order valence-electron chi connectivity index (χ1n) is 11.1. The molecular formula is C21H36N2O6S. The Kier molecular flexibility index (Phi) is 10.3. The van der Waals surface area contributed by atoms with Gasteiger partial charge in [0.1, 0.15) is 0 Å². The Morgan fingerprint density at radius 2 is 1.83 bits per heavy atom. The van der Waals surface area contributed by atoms with Gasteiger partial charge in [0.15, 0.2) is 0 Å². The Bertz CT molecular complexity index is 694. The molecule has 2 heterocycles. The van der Waals surface area contributed by atoms with Gasteiger partial charge in [0.05, 0.1) is 24.5 Å². The molecule has 0 saturated carbocycles. The molecule has 3 N–H and O–H groups in total. The van der Waals surface area contributed by atoms with Gasteiger partial charge in [-0.25, -0.2) is 13.1 Å². The summed E-state index contributed by atoms with van der Waals surface area (Å²) in [5, 5.41) is 11.5. The van der Waals surface area contributed by atoms with Crippen LogP contribution < -0.4 is 10.0 Å². The second kappa shape index (κ2) is 12.4. The maximum absolute atomic E-state index is 12.1. The van der Waals surface area contributed by atoms with E-state index in [4.69, 9.17) is 9.84 Å². The average molecular weight is 445 g/mol. The highest BCUT2D eigenvalue weighted by atomic mass is 32.2. The minimum absolute atomic E-state index is 0.0508. The van der Waals surface area contributed by atoms with Crippen molar-refractivity contribution < 1.29 is 27.9 Å². The summed E-state index contributed by atoms with van der Waals surface area (Å²) in [5.74, 6) is -0.498. The topological polar surface area (TPSA) is 122 Å². The van der Waals surface area contributed by atoms with Crippen molar-refractivity contribution in [2.75, 3.05) is 18.8 Å². The van der Waals surface area contributed by atoms with Gasteiger partial charge in [0, 0.05) is 18.9 Å². The van der Waals surface area contributed by atoms with E-state index in [1.807, 2.05) is 13.0 Å². The fourth-order valence-corrected chi connectivity index (χ4v) is 5.39. The number of fused-ring (bicyclic) bond motifs is 2. The monoisotopic (exact) mass is 444 g/mol. The van der Waals surface area contributed by atoms with E-state index in [0.717, 1.165) is 38.5 Å². The van der Waals surface area contributed by atoms with E-state index < -0.39 is 16.0 Å². The Labute approximate surface area is 179 Å². The number of aliphatic carboxylic acids is 1. The minimum atomic E-state index is -3.41. The van der Waals surface area contributed by atoms with Crippen LogP contribution in [-0.4, -0.2) is 56.5 Å². The number of carboxylic acids is 1. The summed E-state index contributed by atoms with van der Waals surface area (Å²) in [5.41, 5.74) is 0. The number of ether oxygens (including phenoxy) is 1. The standard InChI is InChI=1S/C21H36N2O6S/c1-2-3-8-13-30(27,28)23-15-20(24)22-14-17-16(18-11-12-19(17)29-18)9-6-4-5-7-10-21(25)26/h4,6,16-19,23H,2-3,5,7-15H2,1H3,(H,22,24)(H,25,26)/b6-4-/t16-,17+,18-,19+/m1/s1. The molecule has 2 rings (SSSR count). The van der Waals surface area contributed by atoms with Crippen LogP contribution in [0.2, 0.25) is 0 Å². The fourth-order valence-electron chi connectivity index (χ4n) is 4.31. The highest BCUT2D eigenvalue weighted by Crippen LogP contribution is 2.44. The molecule has 0 radical (unpaired) electrons. The van der Waals surface area contributed by atoms with Crippen LogP contribution in [0.1, 0.15) is 64.7 Å². The number of hydrogen-bond acceptors (Lipinski definition) is 5. The summed E-state index contributed by atoms with van der Waals surface area (Å²) in [4.78, 5) is 22.7. The normalized spacial score (nSPS) is 25.8. The molecule has 4 atom stereocenters. The van der Waals surface area contributed by atoms with E-state index in [9.17, 15) is 18.0 Å². The molecule has 2 aliphatic rings. The summed E-state index contributed by atoms with van der Waals surface area (Å²) in [6.45, 7) is 2.26. The molecule has 0 aromatic carbocycles. The van der Waals surface area contributed by atoms with E-state index in [-0.39, 0.29) is 42.8 Å². The number of allylic oxidation sites excluding steroid dienone is 2. The second-order valence-electron chi connectivity index (χ2n) is 8.26. The van der Waals surface area contributed by atoms with E-state index in [0.29, 0.717) is 25.3 Å². The van der Waals surface area contributed by atoms with Crippen LogP contribution >= 0.6 is 0 Å². The van der Waals surface area contributed by atoms with Crippen LogP contribution in [0, 0.1) is 11.8 Å². The largest absolute Gasteiger partial charge is 0.481 e. The number of amides is 1. The lowest BCUT2D eigenvalue weighted by Crippen LogP contribution is -2.42. The van der Waals surface area contributed by atoms with E-state index in [1.54, 1.807) is 0 Å². The van der Waals surface area contributed by atoms with Crippen LogP contribution in [-0.2, 0) is 24.3 Å². The Morgan fingerprint density at radius 1 is 1.10 bits per heavy atom. The molecular weight excluding hydrogens is 408 g/mol. The smallest absolute Gasteiger partial charge is 0.303 e. The predicted octanol–water partition coefficient (Wildman–Crippen LogP) is 2.21. The van der Waals surface area contributed by atoms with Gasteiger partial charge in [-0.3, -0.25) is 9.59 Å². The van der Waals surface area contributed by atoms with Gasteiger partial charge in [0.25, 0.3) is 0 Å². The number of unbranched alkanes of at least 4 members (excludes halogenated alkanes) is 3. The Morgan fingerprint density at radius 3 is 2.53 bits per heavy atom. The first kappa shape index (κ1) is 24.8. The van der Waals surface area contributed by atoms with Crippen molar-refractivity contribution in [2.24, 2.45) is 11.8 Å². The van der Waals surface area contributed by atoms with Crippen molar-refractivity contribution in [3.8, 4) is 0 Å². The molecule has 0 aromatic rings. The van der Waals surface area contributed by atoms with Crippen molar-refractivity contribution in [1.29, 1.82) is 0 Å². The molecule has 30 heavy (non-hydrogen) atoms. The minimum Gasteiger partial charge on any atom is -0.481 e. The number of sulfonamides is 1. The van der Waals surface area contributed by atoms with Crippen molar-refractivity contribution in [3.05, 3.63) is 12.2 Å². The van der Waals surface area contributed by atoms with Crippen LogP contribution in [0.15, 0.2) is 12.2 Å². The predicted molar refractivity (Wildman–Crippen MR) is 114 cm³/mol. The Hall–Kier alpha value is -1.45. The maximum atomic E-state index is 12.1. The first-order valence-corrected chi connectivity index (χ1v) is 12.7. The van der Waals surface area contributed by atoms with E-state index in [1.165, 1.54) is 0 Å². The van der Waals surface area contributed by atoms with E-state index >= 15 is 0 Å². The van der Waals surface area contributed by atoms with Crippen molar-refractivity contribution in [1.82, 2.24) is 10.0 Å². The van der Waals surface area contributed by atoms with Crippen LogP contribution in [0.5, 0.6) is 0 Å². The van der Waals surface area contributed by atoms with Gasteiger partial charge in [-0.15, -0.1) is 0 Å². The summed E-state index contributed by atoms with van der Waals surface area (Å²) in [6.07, 6.45) is 11.3. The van der Waals surface area contributed by atoms with Gasteiger partial charge < -0.3 is 15.2 Å². The van der Waals surface area contributed by atoms with Gasteiger partial charge in [-0.2, -0.15) is 0 Å². The lowest BCUT2D eigenvalue weighted by atomic mass is 9.77. The van der Waals surface area contributed by atoms with Crippen LogP contribution in [0.25, 0.3) is 0 Å². The van der Waals surface area contributed by atoms with Crippen molar-refractivity contribution in [2.45, 2.75) is 76.9 Å². The molecule has 0 spiro atoms. The van der Waals surface area contributed by atoms with E-state index in [2.05, 4.69) is 16.1 Å². The Balaban J connectivity index is 1.72. The molecule has 2 fully saturated rings. The SMILES string of the molecule is CCCCCS(=O)(=O)NCC(=O)NC[C@H]1[C@@H](C/C=C\CCCC(=O)O)[C@H]2CC[C@@H]1O2. The maximum Gasteiger partial charge on any atom is 0.303 e. The number of hydrogen-bond donors (Lipinski definition) is 3. The highest BCUT2D eigenvalue weighted by Gasteiger charge is 2.47. The van der Waals surface area contributed by atoms with Crippen molar-refractivity contribution >= 4 is 21.9 Å².